The van der Waals surface area contributed by atoms with Crippen LogP contribution >= 0.6 is 0 Å². The number of ether oxygens (including phenoxy) is 2. The predicted molar refractivity (Wildman–Crippen MR) is 86.2 cm³/mol. The zero-order chi connectivity index (χ0) is 16.1. The predicted octanol–water partition coefficient (Wildman–Crippen LogP) is 2.60. The van der Waals surface area contributed by atoms with E-state index in [9.17, 15) is 0 Å². The van der Waals surface area contributed by atoms with E-state index in [1.807, 2.05) is 24.3 Å². The Hall–Kier alpha value is -1.92. The second-order valence-corrected chi connectivity index (χ2v) is 5.94. The Kier molecular flexibility index (Phi) is 5.25. The van der Waals surface area contributed by atoms with Crippen molar-refractivity contribution in [2.75, 3.05) is 33.9 Å². The first kappa shape index (κ1) is 16.0. The summed E-state index contributed by atoms with van der Waals surface area (Å²) in [4.78, 5) is 6.87. The van der Waals surface area contributed by atoms with Gasteiger partial charge in [0.1, 0.15) is 5.75 Å². The molecule has 23 heavy (non-hydrogen) atoms. The van der Waals surface area contributed by atoms with E-state index in [2.05, 4.69) is 15.0 Å². The summed E-state index contributed by atoms with van der Waals surface area (Å²) in [5.41, 5.74) is 0.928. The first-order valence-corrected chi connectivity index (χ1v) is 7.97. The Bertz CT molecular complexity index is 610. The number of piperidine rings is 1. The van der Waals surface area contributed by atoms with Crippen LogP contribution in [0.4, 0.5) is 0 Å². The van der Waals surface area contributed by atoms with Gasteiger partial charge in [0.15, 0.2) is 0 Å². The van der Waals surface area contributed by atoms with Gasteiger partial charge in [-0.2, -0.15) is 4.98 Å². The number of nitrogens with zero attached hydrogens (tertiary/aromatic N) is 3. The molecule has 1 saturated heterocycles. The maximum atomic E-state index is 5.41. The highest BCUT2D eigenvalue weighted by molar-refractivity contribution is 5.55. The molecule has 6 nitrogen and oxygen atoms in total. The van der Waals surface area contributed by atoms with Crippen molar-refractivity contribution in [3.8, 4) is 17.1 Å². The van der Waals surface area contributed by atoms with Gasteiger partial charge in [-0.3, -0.25) is 4.90 Å². The summed E-state index contributed by atoms with van der Waals surface area (Å²) >= 11 is 0. The Morgan fingerprint density at radius 1 is 1.26 bits per heavy atom. The summed E-state index contributed by atoms with van der Waals surface area (Å²) < 4.78 is 15.8. The van der Waals surface area contributed by atoms with Crippen LogP contribution in [0.25, 0.3) is 11.4 Å². The average Bonchev–Trinajstić information content (AvgIpc) is 3.04. The molecule has 0 unspecified atom stereocenters. The Morgan fingerprint density at radius 3 is 2.83 bits per heavy atom. The van der Waals surface area contributed by atoms with Gasteiger partial charge in [0.2, 0.25) is 11.7 Å². The lowest BCUT2D eigenvalue weighted by Gasteiger charge is -2.31. The third-order valence-corrected chi connectivity index (χ3v) is 4.18. The topological polar surface area (TPSA) is 60.6 Å². The van der Waals surface area contributed by atoms with Gasteiger partial charge in [0, 0.05) is 19.2 Å². The van der Waals surface area contributed by atoms with Crippen LogP contribution in [0.5, 0.6) is 5.75 Å². The largest absolute Gasteiger partial charge is 0.497 e. The highest BCUT2D eigenvalue weighted by Crippen LogP contribution is 2.22. The number of hydrogen-bond donors (Lipinski definition) is 0. The summed E-state index contributed by atoms with van der Waals surface area (Å²) in [5.74, 6) is 2.69. The molecule has 0 N–H and O–H groups in total. The molecule has 124 valence electrons. The van der Waals surface area contributed by atoms with Crippen molar-refractivity contribution in [3.05, 3.63) is 30.2 Å². The molecule has 0 bridgehead atoms. The number of hydrogen-bond acceptors (Lipinski definition) is 6. The van der Waals surface area contributed by atoms with Gasteiger partial charge in [-0.15, -0.1) is 0 Å². The molecule has 0 saturated carbocycles. The van der Waals surface area contributed by atoms with Crippen LogP contribution in [0.3, 0.4) is 0 Å². The number of benzene rings is 1. The highest BCUT2D eigenvalue weighted by atomic mass is 16.5. The van der Waals surface area contributed by atoms with Crippen LogP contribution in [0.2, 0.25) is 0 Å². The molecule has 0 aliphatic carbocycles. The van der Waals surface area contributed by atoms with Gasteiger partial charge in [-0.25, -0.2) is 0 Å². The van der Waals surface area contributed by atoms with Gasteiger partial charge in [0.05, 0.1) is 20.3 Å². The molecular weight excluding hydrogens is 294 g/mol. The zero-order valence-corrected chi connectivity index (χ0v) is 13.7. The Labute approximate surface area is 136 Å². The first-order chi connectivity index (χ1) is 11.3. The summed E-state index contributed by atoms with van der Waals surface area (Å²) in [7, 11) is 3.41. The molecule has 3 rings (SSSR count). The fraction of sp³-hybridized carbons (Fsp3) is 0.529. The van der Waals surface area contributed by atoms with Crippen molar-refractivity contribution in [1.29, 1.82) is 0 Å². The van der Waals surface area contributed by atoms with E-state index in [1.165, 1.54) is 12.8 Å². The minimum Gasteiger partial charge on any atom is -0.497 e. The van der Waals surface area contributed by atoms with E-state index in [4.69, 9.17) is 14.0 Å². The van der Waals surface area contributed by atoms with Crippen LogP contribution in [-0.4, -0.2) is 49.0 Å². The quantitative estimate of drug-likeness (QED) is 0.816. The molecule has 0 spiro atoms. The molecule has 6 heteroatoms. The van der Waals surface area contributed by atoms with Gasteiger partial charge >= 0.3 is 0 Å². The minimum atomic E-state index is 0.595. The van der Waals surface area contributed by atoms with Crippen LogP contribution in [0.15, 0.2) is 28.8 Å². The third-order valence-electron chi connectivity index (χ3n) is 4.18. The summed E-state index contributed by atoms with van der Waals surface area (Å²) in [6.07, 6.45) is 2.42. The normalized spacial score (nSPS) is 19.0. The van der Waals surface area contributed by atoms with E-state index in [-0.39, 0.29) is 0 Å². The molecule has 1 aromatic carbocycles. The van der Waals surface area contributed by atoms with Crippen molar-refractivity contribution >= 4 is 0 Å². The Morgan fingerprint density at radius 2 is 2.09 bits per heavy atom. The second-order valence-electron chi connectivity index (χ2n) is 5.94. The van der Waals surface area contributed by atoms with Gasteiger partial charge in [0.25, 0.3) is 0 Å². The van der Waals surface area contributed by atoms with Crippen molar-refractivity contribution in [1.82, 2.24) is 15.0 Å². The lowest BCUT2D eigenvalue weighted by atomic mass is 9.99. The zero-order valence-electron chi connectivity index (χ0n) is 13.7. The van der Waals surface area contributed by atoms with Crippen molar-refractivity contribution in [2.45, 2.75) is 19.4 Å². The molecule has 1 aliphatic rings. The number of aromatic nitrogens is 2. The molecule has 0 radical (unpaired) electrons. The standard InChI is InChI=1S/C17H23N3O3/c1-21-12-13-4-3-9-20(10-13)11-16-18-17(19-23-16)14-5-7-15(22-2)8-6-14/h5-8,13H,3-4,9-12H2,1-2H3/t13-/m0/s1. The van der Waals surface area contributed by atoms with E-state index in [0.29, 0.717) is 24.2 Å². The van der Waals surface area contributed by atoms with Gasteiger partial charge in [-0.05, 0) is 49.6 Å². The number of likely N-dealkylation sites (tertiary alicyclic amines) is 1. The molecule has 2 heterocycles. The van der Waals surface area contributed by atoms with Crippen molar-refractivity contribution in [3.63, 3.8) is 0 Å². The fourth-order valence-corrected chi connectivity index (χ4v) is 3.03. The van der Waals surface area contributed by atoms with E-state index in [0.717, 1.165) is 31.0 Å². The molecule has 1 atom stereocenters. The van der Waals surface area contributed by atoms with E-state index < -0.39 is 0 Å². The van der Waals surface area contributed by atoms with E-state index >= 15 is 0 Å². The number of rotatable bonds is 6. The first-order valence-electron chi connectivity index (χ1n) is 7.97. The molecule has 2 aromatic rings. The molecule has 1 fully saturated rings. The smallest absolute Gasteiger partial charge is 0.241 e. The summed E-state index contributed by atoms with van der Waals surface area (Å²) in [6, 6.07) is 7.66. The second kappa shape index (κ2) is 7.57. The Balaban J connectivity index is 1.62. The maximum absolute atomic E-state index is 5.41. The minimum absolute atomic E-state index is 0.595. The van der Waals surface area contributed by atoms with Gasteiger partial charge in [-0.1, -0.05) is 5.16 Å². The monoisotopic (exact) mass is 317 g/mol. The lowest BCUT2D eigenvalue weighted by molar-refractivity contribution is 0.0820. The van der Waals surface area contributed by atoms with E-state index in [1.54, 1.807) is 14.2 Å². The molecule has 1 aromatic heterocycles. The van der Waals surface area contributed by atoms with Crippen LogP contribution in [0.1, 0.15) is 18.7 Å². The molecule has 1 aliphatic heterocycles. The van der Waals surface area contributed by atoms with Crippen LogP contribution in [-0.2, 0) is 11.3 Å². The van der Waals surface area contributed by atoms with Crippen LogP contribution in [0, 0.1) is 5.92 Å². The third kappa shape index (κ3) is 4.09. The molecule has 0 amide bonds. The lowest BCUT2D eigenvalue weighted by Crippen LogP contribution is -2.36. The summed E-state index contributed by atoms with van der Waals surface area (Å²) in [6.45, 7) is 3.61. The average molecular weight is 317 g/mol. The van der Waals surface area contributed by atoms with Gasteiger partial charge < -0.3 is 14.0 Å². The highest BCUT2D eigenvalue weighted by Gasteiger charge is 2.21. The SMILES string of the molecule is COC[C@H]1CCCN(Cc2nc(-c3ccc(OC)cc3)no2)C1. The fourth-order valence-electron chi connectivity index (χ4n) is 3.03. The maximum Gasteiger partial charge on any atom is 0.241 e. The molecular formula is C17H23N3O3. The van der Waals surface area contributed by atoms with Crippen molar-refractivity contribution < 1.29 is 14.0 Å². The van der Waals surface area contributed by atoms with Crippen molar-refractivity contribution in [2.24, 2.45) is 5.92 Å². The summed E-state index contributed by atoms with van der Waals surface area (Å²) in [5, 5.41) is 4.08. The van der Waals surface area contributed by atoms with Crippen LogP contribution < -0.4 is 4.74 Å². The number of methoxy groups -OCH3 is 2.